The molecular formula is C17H13F5N2O3S. The van der Waals surface area contributed by atoms with Crippen molar-refractivity contribution in [2.24, 2.45) is 0 Å². The molecule has 0 spiro atoms. The summed E-state index contributed by atoms with van der Waals surface area (Å²) in [6, 6.07) is 3.27. The van der Waals surface area contributed by atoms with E-state index in [-0.39, 0.29) is 35.5 Å². The highest BCUT2D eigenvalue weighted by atomic mass is 32.2. The maximum atomic E-state index is 13.2. The van der Waals surface area contributed by atoms with Gasteiger partial charge in [0, 0.05) is 28.7 Å². The van der Waals surface area contributed by atoms with E-state index in [4.69, 9.17) is 6.57 Å². The summed E-state index contributed by atoms with van der Waals surface area (Å²) in [5.74, 6) is 0. The summed E-state index contributed by atoms with van der Waals surface area (Å²) in [7, 11) is -5.75. The molecule has 1 aromatic carbocycles. The van der Waals surface area contributed by atoms with Gasteiger partial charge in [-0.1, -0.05) is 6.07 Å². The van der Waals surface area contributed by atoms with Gasteiger partial charge in [-0.2, -0.15) is 13.2 Å². The second-order valence-corrected chi connectivity index (χ2v) is 8.15. The molecule has 1 aromatic heterocycles. The SMILES string of the molecule is [C-]#[N+]c1ccc(-n2cc(S(=O)(=O)C(F)(F)F)c3c2CCC[C@H]3O)cc1C(F)F. The van der Waals surface area contributed by atoms with Crippen molar-refractivity contribution in [2.75, 3.05) is 0 Å². The van der Waals surface area contributed by atoms with E-state index in [9.17, 15) is 35.5 Å². The number of sulfone groups is 1. The van der Waals surface area contributed by atoms with Gasteiger partial charge in [-0.3, -0.25) is 0 Å². The minimum Gasteiger partial charge on any atom is -0.388 e. The van der Waals surface area contributed by atoms with Gasteiger partial charge in [0.05, 0.1) is 12.7 Å². The smallest absolute Gasteiger partial charge is 0.388 e. The van der Waals surface area contributed by atoms with Crippen molar-refractivity contribution >= 4 is 15.5 Å². The third-order valence-corrected chi connectivity index (χ3v) is 6.09. The van der Waals surface area contributed by atoms with E-state index in [1.54, 1.807) is 0 Å². The number of aliphatic hydroxyl groups is 1. The zero-order valence-electron chi connectivity index (χ0n) is 14.0. The molecule has 0 saturated heterocycles. The maximum Gasteiger partial charge on any atom is 0.501 e. The lowest BCUT2D eigenvalue weighted by molar-refractivity contribution is -0.0437. The molecule has 0 fully saturated rings. The van der Waals surface area contributed by atoms with Crippen LogP contribution in [0.25, 0.3) is 10.5 Å². The molecule has 1 aliphatic carbocycles. The van der Waals surface area contributed by atoms with E-state index in [2.05, 4.69) is 4.85 Å². The van der Waals surface area contributed by atoms with E-state index in [0.717, 1.165) is 16.7 Å². The van der Waals surface area contributed by atoms with Crippen molar-refractivity contribution in [1.82, 2.24) is 4.57 Å². The number of benzene rings is 1. The molecule has 2 aromatic rings. The number of hydrogen-bond donors (Lipinski definition) is 1. The van der Waals surface area contributed by atoms with E-state index in [1.165, 1.54) is 6.07 Å². The third kappa shape index (κ3) is 3.16. The topological polar surface area (TPSA) is 63.7 Å². The number of fused-ring (bicyclic) bond motifs is 1. The second-order valence-electron chi connectivity index (χ2n) is 6.24. The van der Waals surface area contributed by atoms with Crippen molar-refractivity contribution in [3.05, 3.63) is 52.6 Å². The molecule has 0 amide bonds. The van der Waals surface area contributed by atoms with Gasteiger partial charge >= 0.3 is 5.51 Å². The first-order chi connectivity index (χ1) is 13.0. The minimum atomic E-state index is -5.75. The summed E-state index contributed by atoms with van der Waals surface area (Å²) >= 11 is 0. The molecule has 11 heteroatoms. The Kier molecular flexibility index (Phi) is 4.97. The number of alkyl halides is 5. The van der Waals surface area contributed by atoms with Crippen LogP contribution in [0.1, 0.15) is 42.2 Å². The molecule has 150 valence electrons. The summed E-state index contributed by atoms with van der Waals surface area (Å²) < 4.78 is 90.7. The predicted octanol–water partition coefficient (Wildman–Crippen LogP) is 4.63. The van der Waals surface area contributed by atoms with Gasteiger partial charge in [-0.15, -0.1) is 0 Å². The molecular weight excluding hydrogens is 407 g/mol. The van der Waals surface area contributed by atoms with Gasteiger partial charge in [0.15, 0.2) is 5.69 Å². The monoisotopic (exact) mass is 420 g/mol. The van der Waals surface area contributed by atoms with Crippen LogP contribution in [-0.2, 0) is 16.3 Å². The summed E-state index contributed by atoms with van der Waals surface area (Å²) in [6.45, 7) is 6.93. The Balaban J connectivity index is 2.29. The van der Waals surface area contributed by atoms with Gasteiger partial charge in [0.2, 0.25) is 0 Å². The fraction of sp³-hybridized carbons (Fsp3) is 0.353. The normalized spacial score (nSPS) is 17.4. The van der Waals surface area contributed by atoms with Crippen LogP contribution >= 0.6 is 0 Å². The van der Waals surface area contributed by atoms with Crippen LogP contribution in [0, 0.1) is 6.57 Å². The Morgan fingerprint density at radius 2 is 1.96 bits per heavy atom. The number of halogens is 5. The molecule has 3 rings (SSSR count). The van der Waals surface area contributed by atoms with Crippen LogP contribution in [0.2, 0.25) is 0 Å². The van der Waals surface area contributed by atoms with E-state index >= 15 is 0 Å². The van der Waals surface area contributed by atoms with Crippen LogP contribution < -0.4 is 0 Å². The average molecular weight is 420 g/mol. The predicted molar refractivity (Wildman–Crippen MR) is 88.1 cm³/mol. The Labute approximate surface area is 156 Å². The van der Waals surface area contributed by atoms with Gasteiger partial charge in [-0.05, 0) is 31.4 Å². The van der Waals surface area contributed by atoms with Gasteiger partial charge in [-0.25, -0.2) is 22.0 Å². The molecule has 1 heterocycles. The summed E-state index contributed by atoms with van der Waals surface area (Å²) in [4.78, 5) is 1.89. The highest BCUT2D eigenvalue weighted by Gasteiger charge is 2.50. The number of nitrogens with zero attached hydrogens (tertiary/aromatic N) is 2. The molecule has 1 N–H and O–H groups in total. The zero-order chi connectivity index (χ0) is 20.9. The molecule has 0 unspecified atom stereocenters. The highest BCUT2D eigenvalue weighted by Crippen LogP contribution is 2.42. The number of rotatable bonds is 3. The van der Waals surface area contributed by atoms with E-state index in [1.807, 2.05) is 0 Å². The maximum absolute atomic E-state index is 13.2. The molecule has 28 heavy (non-hydrogen) atoms. The van der Waals surface area contributed by atoms with Crippen molar-refractivity contribution in [3.8, 4) is 5.69 Å². The number of aromatic nitrogens is 1. The van der Waals surface area contributed by atoms with E-state index < -0.39 is 38.3 Å². The Morgan fingerprint density at radius 3 is 2.54 bits per heavy atom. The molecule has 1 atom stereocenters. The molecule has 5 nitrogen and oxygen atoms in total. The second kappa shape index (κ2) is 6.86. The van der Waals surface area contributed by atoms with Crippen LogP contribution in [0.4, 0.5) is 27.6 Å². The first-order valence-corrected chi connectivity index (χ1v) is 9.50. The Hall–Kier alpha value is -2.45. The standard InChI is InChI=1S/C17H13F5N2O3S/c1-23-11-6-5-9(7-10(11)16(18)19)24-8-14(28(26,27)17(20,21)22)15-12(24)3-2-4-13(15)25/h5-8,13,16,25H,2-4H2/t13-/m1/s1. The molecule has 0 aliphatic heterocycles. The van der Waals surface area contributed by atoms with Gasteiger partial charge < -0.3 is 9.67 Å². The largest absolute Gasteiger partial charge is 0.501 e. The van der Waals surface area contributed by atoms with Gasteiger partial charge in [0.1, 0.15) is 4.90 Å². The average Bonchev–Trinajstić information content (AvgIpc) is 3.02. The molecule has 0 radical (unpaired) electrons. The zero-order valence-corrected chi connectivity index (χ0v) is 14.9. The van der Waals surface area contributed by atoms with Crippen molar-refractivity contribution < 1.29 is 35.5 Å². The molecule has 0 saturated carbocycles. The highest BCUT2D eigenvalue weighted by molar-refractivity contribution is 7.92. The van der Waals surface area contributed by atoms with Crippen LogP contribution in [0.15, 0.2) is 29.3 Å². The molecule has 1 aliphatic rings. The first-order valence-electron chi connectivity index (χ1n) is 8.02. The van der Waals surface area contributed by atoms with Crippen molar-refractivity contribution in [3.63, 3.8) is 0 Å². The third-order valence-electron chi connectivity index (χ3n) is 4.58. The van der Waals surface area contributed by atoms with E-state index in [0.29, 0.717) is 12.6 Å². The fourth-order valence-corrected chi connectivity index (χ4v) is 4.33. The van der Waals surface area contributed by atoms with Crippen LogP contribution in [0.3, 0.4) is 0 Å². The molecule has 0 bridgehead atoms. The quantitative estimate of drug-likeness (QED) is 0.582. The minimum absolute atomic E-state index is 0.0170. The lowest BCUT2D eigenvalue weighted by Gasteiger charge is -2.21. The van der Waals surface area contributed by atoms with Gasteiger partial charge in [0.25, 0.3) is 16.3 Å². The number of aliphatic hydroxyl groups excluding tert-OH is 1. The lowest BCUT2D eigenvalue weighted by atomic mass is 9.95. The number of hydrogen-bond acceptors (Lipinski definition) is 3. The van der Waals surface area contributed by atoms with Crippen molar-refractivity contribution in [2.45, 2.75) is 42.2 Å². The van der Waals surface area contributed by atoms with Crippen molar-refractivity contribution in [1.29, 1.82) is 0 Å². The van der Waals surface area contributed by atoms with Crippen LogP contribution in [0.5, 0.6) is 0 Å². The summed E-state index contributed by atoms with van der Waals surface area (Å²) in [5.41, 5.74) is -6.79. The Bertz CT molecular complexity index is 1070. The lowest BCUT2D eigenvalue weighted by Crippen LogP contribution is -2.25. The first kappa shape index (κ1) is 20.3. The fourth-order valence-electron chi connectivity index (χ4n) is 3.29. The Morgan fingerprint density at radius 1 is 1.29 bits per heavy atom. The summed E-state index contributed by atoms with van der Waals surface area (Å²) in [5, 5.41) is 10.2. The summed E-state index contributed by atoms with van der Waals surface area (Å²) in [6.07, 6.45) is -3.10. The van der Waals surface area contributed by atoms with Crippen LogP contribution in [-0.4, -0.2) is 23.6 Å².